The van der Waals surface area contributed by atoms with Crippen molar-refractivity contribution < 1.29 is 4.79 Å². The fourth-order valence-corrected chi connectivity index (χ4v) is 3.82. The summed E-state index contributed by atoms with van der Waals surface area (Å²) >= 11 is 0. The van der Waals surface area contributed by atoms with Gasteiger partial charge in [0.15, 0.2) is 0 Å². The normalized spacial score (nSPS) is 32.2. The highest BCUT2D eigenvalue weighted by atomic mass is 16.2. The van der Waals surface area contributed by atoms with Gasteiger partial charge in [0.1, 0.15) is 0 Å². The lowest BCUT2D eigenvalue weighted by Gasteiger charge is -2.55. The first-order valence-electron chi connectivity index (χ1n) is 7.70. The van der Waals surface area contributed by atoms with Crippen molar-refractivity contribution in [3.05, 3.63) is 0 Å². The van der Waals surface area contributed by atoms with Gasteiger partial charge in [-0.1, -0.05) is 0 Å². The van der Waals surface area contributed by atoms with Gasteiger partial charge < -0.3 is 9.80 Å². The Balaban J connectivity index is 1.68. The Morgan fingerprint density at radius 1 is 1.21 bits per heavy atom. The molecule has 0 aromatic rings. The molecule has 108 valence electrons. The summed E-state index contributed by atoms with van der Waals surface area (Å²) in [5.41, 5.74) is 0.125. The number of hydrogen-bond donors (Lipinski definition) is 0. The number of nitrogens with zero attached hydrogens (tertiary/aromatic N) is 3. The van der Waals surface area contributed by atoms with Crippen molar-refractivity contribution >= 4 is 5.91 Å². The molecule has 1 atom stereocenters. The first kappa shape index (κ1) is 13.4. The predicted molar refractivity (Wildman–Crippen MR) is 76.0 cm³/mol. The van der Waals surface area contributed by atoms with Crippen LogP contribution in [-0.2, 0) is 4.79 Å². The second-order valence-electron chi connectivity index (χ2n) is 7.26. The molecule has 0 spiro atoms. The summed E-state index contributed by atoms with van der Waals surface area (Å²) in [5, 5.41) is 0. The molecule has 0 bridgehead atoms. The van der Waals surface area contributed by atoms with Crippen molar-refractivity contribution in [2.24, 2.45) is 5.92 Å². The molecule has 1 amide bonds. The van der Waals surface area contributed by atoms with E-state index >= 15 is 0 Å². The number of amides is 1. The number of rotatable bonds is 2. The molecule has 0 aromatic carbocycles. The lowest BCUT2D eigenvalue weighted by molar-refractivity contribution is -0.139. The molecule has 4 heteroatoms. The van der Waals surface area contributed by atoms with Crippen molar-refractivity contribution in [3.63, 3.8) is 0 Å². The van der Waals surface area contributed by atoms with Gasteiger partial charge in [-0.3, -0.25) is 9.69 Å². The standard InChI is InChI=1S/C15H27N3O/c1-12(19)17-10-14-9-16(8-13-4-5-13)6-7-18(14)15(2,3)11-17/h13-14H,4-11H2,1-3H3/t14-/m0/s1. The highest BCUT2D eigenvalue weighted by Crippen LogP contribution is 2.32. The Labute approximate surface area is 116 Å². The van der Waals surface area contributed by atoms with Gasteiger partial charge in [0, 0.05) is 57.8 Å². The Morgan fingerprint density at radius 3 is 2.58 bits per heavy atom. The van der Waals surface area contributed by atoms with E-state index in [1.807, 2.05) is 4.90 Å². The quantitative estimate of drug-likeness (QED) is 0.746. The molecule has 19 heavy (non-hydrogen) atoms. The van der Waals surface area contributed by atoms with E-state index in [1.165, 1.54) is 25.9 Å². The third-order valence-electron chi connectivity index (χ3n) is 5.01. The maximum atomic E-state index is 11.7. The molecule has 0 N–H and O–H groups in total. The number of fused-ring (bicyclic) bond motifs is 1. The van der Waals surface area contributed by atoms with Crippen LogP contribution in [0.1, 0.15) is 33.6 Å². The Hall–Kier alpha value is -0.610. The van der Waals surface area contributed by atoms with Crippen LogP contribution in [0.15, 0.2) is 0 Å². The first-order chi connectivity index (χ1) is 8.95. The third kappa shape index (κ3) is 2.79. The smallest absolute Gasteiger partial charge is 0.219 e. The summed E-state index contributed by atoms with van der Waals surface area (Å²) in [7, 11) is 0. The van der Waals surface area contributed by atoms with Crippen LogP contribution >= 0.6 is 0 Å². The molecular weight excluding hydrogens is 238 g/mol. The van der Waals surface area contributed by atoms with Gasteiger partial charge in [-0.05, 0) is 32.6 Å². The fraction of sp³-hybridized carbons (Fsp3) is 0.933. The van der Waals surface area contributed by atoms with Crippen LogP contribution in [0.3, 0.4) is 0 Å². The van der Waals surface area contributed by atoms with Gasteiger partial charge in [-0.25, -0.2) is 0 Å². The molecule has 0 aromatic heterocycles. The zero-order valence-corrected chi connectivity index (χ0v) is 12.6. The molecule has 2 saturated heterocycles. The van der Waals surface area contributed by atoms with Crippen LogP contribution in [0.4, 0.5) is 0 Å². The highest BCUT2D eigenvalue weighted by molar-refractivity contribution is 5.73. The van der Waals surface area contributed by atoms with Crippen molar-refractivity contribution in [2.75, 3.05) is 39.3 Å². The maximum Gasteiger partial charge on any atom is 0.219 e. The predicted octanol–water partition coefficient (Wildman–Crippen LogP) is 1.02. The summed E-state index contributed by atoms with van der Waals surface area (Å²) in [6.07, 6.45) is 2.85. The summed E-state index contributed by atoms with van der Waals surface area (Å²) in [6.45, 7) is 12.9. The van der Waals surface area contributed by atoms with Crippen LogP contribution in [0.2, 0.25) is 0 Å². The van der Waals surface area contributed by atoms with E-state index in [9.17, 15) is 4.79 Å². The summed E-state index contributed by atoms with van der Waals surface area (Å²) in [6, 6.07) is 0.528. The van der Waals surface area contributed by atoms with E-state index in [0.717, 1.165) is 32.1 Å². The molecule has 0 unspecified atom stereocenters. The SMILES string of the molecule is CC(=O)N1C[C@@H]2CN(CC3CC3)CCN2C(C)(C)C1. The zero-order valence-electron chi connectivity index (χ0n) is 12.6. The molecule has 0 radical (unpaired) electrons. The minimum Gasteiger partial charge on any atom is -0.339 e. The number of hydrogen-bond acceptors (Lipinski definition) is 3. The van der Waals surface area contributed by atoms with E-state index in [0.29, 0.717) is 6.04 Å². The lowest BCUT2D eigenvalue weighted by atomic mass is 9.92. The summed E-state index contributed by atoms with van der Waals surface area (Å²) in [5.74, 6) is 1.19. The van der Waals surface area contributed by atoms with E-state index in [-0.39, 0.29) is 11.4 Å². The van der Waals surface area contributed by atoms with Gasteiger partial charge >= 0.3 is 0 Å². The Bertz CT molecular complexity index is 364. The topological polar surface area (TPSA) is 26.8 Å². The second kappa shape index (κ2) is 4.74. The lowest BCUT2D eigenvalue weighted by Crippen LogP contribution is -2.70. The molecule has 2 aliphatic heterocycles. The van der Waals surface area contributed by atoms with Crippen LogP contribution in [-0.4, -0.2) is 71.5 Å². The Kier molecular flexibility index (Phi) is 3.34. The van der Waals surface area contributed by atoms with Gasteiger partial charge in [-0.2, -0.15) is 0 Å². The van der Waals surface area contributed by atoms with Crippen molar-refractivity contribution in [2.45, 2.75) is 45.2 Å². The Morgan fingerprint density at radius 2 is 1.95 bits per heavy atom. The first-order valence-corrected chi connectivity index (χ1v) is 7.70. The van der Waals surface area contributed by atoms with Crippen LogP contribution < -0.4 is 0 Å². The summed E-state index contributed by atoms with van der Waals surface area (Å²) in [4.78, 5) is 19.0. The number of carbonyl (C=O) groups excluding carboxylic acids is 1. The molecule has 3 rings (SSSR count). The average molecular weight is 265 g/mol. The monoisotopic (exact) mass is 265 g/mol. The molecule has 4 nitrogen and oxygen atoms in total. The van der Waals surface area contributed by atoms with E-state index in [2.05, 4.69) is 23.6 Å². The van der Waals surface area contributed by atoms with Crippen LogP contribution in [0, 0.1) is 5.92 Å². The molecule has 1 saturated carbocycles. The van der Waals surface area contributed by atoms with Gasteiger partial charge in [0.2, 0.25) is 5.91 Å². The molecular formula is C15H27N3O. The van der Waals surface area contributed by atoms with Crippen molar-refractivity contribution in [1.82, 2.24) is 14.7 Å². The summed E-state index contributed by atoms with van der Waals surface area (Å²) < 4.78 is 0. The fourth-order valence-electron chi connectivity index (χ4n) is 3.82. The minimum absolute atomic E-state index is 0.125. The minimum atomic E-state index is 0.125. The van der Waals surface area contributed by atoms with Gasteiger partial charge in [-0.15, -0.1) is 0 Å². The molecule has 1 aliphatic carbocycles. The number of carbonyl (C=O) groups is 1. The van der Waals surface area contributed by atoms with Gasteiger partial charge in [0.05, 0.1) is 0 Å². The average Bonchev–Trinajstić information content (AvgIpc) is 3.11. The van der Waals surface area contributed by atoms with Gasteiger partial charge in [0.25, 0.3) is 0 Å². The zero-order chi connectivity index (χ0) is 13.6. The largest absolute Gasteiger partial charge is 0.339 e. The highest BCUT2D eigenvalue weighted by Gasteiger charge is 2.43. The van der Waals surface area contributed by atoms with Crippen LogP contribution in [0.5, 0.6) is 0 Å². The molecule has 3 fully saturated rings. The maximum absolute atomic E-state index is 11.7. The molecule has 3 aliphatic rings. The number of piperazine rings is 2. The van der Waals surface area contributed by atoms with Crippen LogP contribution in [0.25, 0.3) is 0 Å². The van der Waals surface area contributed by atoms with E-state index in [4.69, 9.17) is 0 Å². The van der Waals surface area contributed by atoms with E-state index in [1.54, 1.807) is 6.92 Å². The van der Waals surface area contributed by atoms with E-state index < -0.39 is 0 Å². The molecule has 2 heterocycles. The van der Waals surface area contributed by atoms with Crippen molar-refractivity contribution in [1.29, 1.82) is 0 Å². The second-order valence-corrected chi connectivity index (χ2v) is 7.26. The van der Waals surface area contributed by atoms with Crippen molar-refractivity contribution in [3.8, 4) is 0 Å². The third-order valence-corrected chi connectivity index (χ3v) is 5.01.